The number of thiophene rings is 1. The lowest BCUT2D eigenvalue weighted by molar-refractivity contribution is 0.207. The zero-order valence-corrected chi connectivity index (χ0v) is 15.3. The van der Waals surface area contributed by atoms with Gasteiger partial charge in [0.05, 0.1) is 7.11 Å². The van der Waals surface area contributed by atoms with E-state index in [-0.39, 0.29) is 6.03 Å². The topological polar surface area (TPSA) is 41.6 Å². The van der Waals surface area contributed by atoms with Crippen LogP contribution < -0.4 is 10.1 Å². The molecule has 0 aliphatic heterocycles. The Hall–Kier alpha value is -1.66. The lowest BCUT2D eigenvalue weighted by Crippen LogP contribution is -2.37. The Morgan fingerprint density at radius 3 is 2.87 bits per heavy atom. The van der Waals surface area contributed by atoms with Crippen molar-refractivity contribution >= 4 is 29.1 Å². The lowest BCUT2D eigenvalue weighted by Gasteiger charge is -2.19. The van der Waals surface area contributed by atoms with Gasteiger partial charge in [0.15, 0.2) is 0 Å². The molecule has 0 fully saturated rings. The molecule has 1 heterocycles. The Labute approximate surface area is 145 Å². The van der Waals surface area contributed by atoms with Crippen LogP contribution in [0, 0.1) is 0 Å². The molecule has 0 bridgehead atoms. The molecule has 4 nitrogen and oxygen atoms in total. The zero-order valence-electron chi connectivity index (χ0n) is 13.7. The Bertz CT molecular complexity index is 630. The van der Waals surface area contributed by atoms with E-state index in [0.29, 0.717) is 13.1 Å². The van der Waals surface area contributed by atoms with E-state index in [1.807, 2.05) is 30.5 Å². The molecule has 0 unspecified atom stereocenters. The zero-order chi connectivity index (χ0) is 16.7. The van der Waals surface area contributed by atoms with Crippen LogP contribution in [-0.4, -0.2) is 37.9 Å². The number of rotatable bonds is 7. The van der Waals surface area contributed by atoms with Crippen molar-refractivity contribution in [2.24, 2.45) is 0 Å². The van der Waals surface area contributed by atoms with Crippen LogP contribution >= 0.6 is 23.1 Å². The highest BCUT2D eigenvalue weighted by molar-refractivity contribution is 7.98. The number of thioether (sulfide) groups is 1. The molecule has 0 aliphatic carbocycles. The van der Waals surface area contributed by atoms with Crippen molar-refractivity contribution < 1.29 is 9.53 Å². The van der Waals surface area contributed by atoms with Gasteiger partial charge in [0.25, 0.3) is 0 Å². The number of carbonyl (C=O) groups excluding carboxylic acids is 1. The van der Waals surface area contributed by atoms with Crippen molar-refractivity contribution in [3.63, 3.8) is 0 Å². The number of benzene rings is 1. The lowest BCUT2D eigenvalue weighted by atomic mass is 10.2. The molecule has 6 heteroatoms. The predicted octanol–water partition coefficient (Wildman–Crippen LogP) is 3.86. The third-order valence-electron chi connectivity index (χ3n) is 3.44. The maximum absolute atomic E-state index is 12.1. The molecule has 2 amide bonds. The minimum atomic E-state index is -0.0607. The summed E-state index contributed by atoms with van der Waals surface area (Å²) in [6, 6.07) is 10.1. The summed E-state index contributed by atoms with van der Waals surface area (Å²) in [5.74, 6) is 0.849. The molecule has 0 aliphatic rings. The Morgan fingerprint density at radius 2 is 2.22 bits per heavy atom. The van der Waals surface area contributed by atoms with Crippen LogP contribution in [0.2, 0.25) is 0 Å². The summed E-state index contributed by atoms with van der Waals surface area (Å²) >= 11 is 3.36. The number of nitrogens with zero attached hydrogens (tertiary/aromatic N) is 1. The molecule has 23 heavy (non-hydrogen) atoms. The summed E-state index contributed by atoms with van der Waals surface area (Å²) in [5, 5.41) is 5.00. The maximum atomic E-state index is 12.1. The van der Waals surface area contributed by atoms with E-state index in [2.05, 4.69) is 16.8 Å². The highest BCUT2D eigenvalue weighted by Gasteiger charge is 2.10. The summed E-state index contributed by atoms with van der Waals surface area (Å²) in [7, 11) is 3.47. The first-order valence-electron chi connectivity index (χ1n) is 7.36. The smallest absolute Gasteiger partial charge is 0.317 e. The van der Waals surface area contributed by atoms with Gasteiger partial charge in [0.1, 0.15) is 5.75 Å². The minimum Gasteiger partial charge on any atom is -0.496 e. The van der Waals surface area contributed by atoms with Crippen LogP contribution in [0.5, 0.6) is 5.75 Å². The molecular formula is C17H22N2O2S2. The van der Waals surface area contributed by atoms with Gasteiger partial charge < -0.3 is 15.0 Å². The van der Waals surface area contributed by atoms with Crippen molar-refractivity contribution in [1.29, 1.82) is 0 Å². The fraction of sp³-hybridized carbons (Fsp3) is 0.353. The van der Waals surface area contributed by atoms with Gasteiger partial charge in [-0.15, -0.1) is 23.1 Å². The molecular weight excluding hydrogens is 328 g/mol. The second kappa shape index (κ2) is 8.84. The molecule has 124 valence electrons. The van der Waals surface area contributed by atoms with Gasteiger partial charge in [-0.05, 0) is 41.8 Å². The van der Waals surface area contributed by atoms with Gasteiger partial charge in [-0.1, -0.05) is 12.1 Å². The van der Waals surface area contributed by atoms with E-state index in [4.69, 9.17) is 4.74 Å². The molecule has 2 rings (SSSR count). The van der Waals surface area contributed by atoms with Gasteiger partial charge in [-0.3, -0.25) is 0 Å². The van der Waals surface area contributed by atoms with E-state index >= 15 is 0 Å². The molecule has 0 radical (unpaired) electrons. The van der Waals surface area contributed by atoms with Crippen molar-refractivity contribution in [2.45, 2.75) is 17.9 Å². The largest absolute Gasteiger partial charge is 0.496 e. The number of methoxy groups -OCH3 is 1. The van der Waals surface area contributed by atoms with Gasteiger partial charge in [-0.25, -0.2) is 4.79 Å². The summed E-state index contributed by atoms with van der Waals surface area (Å²) in [5.41, 5.74) is 1.05. The number of urea groups is 1. The van der Waals surface area contributed by atoms with Gasteiger partial charge in [0, 0.05) is 29.9 Å². The molecule has 2 aromatic rings. The van der Waals surface area contributed by atoms with Gasteiger partial charge >= 0.3 is 6.03 Å². The third-order valence-corrected chi connectivity index (χ3v) is 5.16. The molecule has 1 aromatic heterocycles. The number of hydrogen-bond acceptors (Lipinski definition) is 4. The number of carbonyl (C=O) groups is 1. The Morgan fingerprint density at radius 1 is 1.39 bits per heavy atom. The summed E-state index contributed by atoms with van der Waals surface area (Å²) in [6.45, 7) is 1.20. The molecule has 0 spiro atoms. The van der Waals surface area contributed by atoms with Crippen molar-refractivity contribution in [1.82, 2.24) is 10.2 Å². The van der Waals surface area contributed by atoms with Gasteiger partial charge in [-0.2, -0.15) is 0 Å². The van der Waals surface area contributed by atoms with E-state index in [1.54, 1.807) is 42.2 Å². The van der Waals surface area contributed by atoms with Crippen LogP contribution in [0.25, 0.3) is 0 Å². The average molecular weight is 351 g/mol. The van der Waals surface area contributed by atoms with E-state index < -0.39 is 0 Å². The van der Waals surface area contributed by atoms with Crippen LogP contribution in [0.1, 0.15) is 10.4 Å². The first-order valence-corrected chi connectivity index (χ1v) is 9.46. The second-order valence-electron chi connectivity index (χ2n) is 5.11. The van der Waals surface area contributed by atoms with Crippen molar-refractivity contribution in [2.75, 3.05) is 27.0 Å². The normalized spacial score (nSPS) is 10.4. The molecule has 0 atom stereocenters. The first-order chi connectivity index (χ1) is 11.1. The summed E-state index contributed by atoms with van der Waals surface area (Å²) in [6.07, 6.45) is 2.89. The summed E-state index contributed by atoms with van der Waals surface area (Å²) < 4.78 is 5.39. The van der Waals surface area contributed by atoms with Crippen LogP contribution in [0.15, 0.2) is 40.6 Å². The highest BCUT2D eigenvalue weighted by Crippen LogP contribution is 2.28. The number of ether oxygens (including phenoxy) is 1. The fourth-order valence-corrected chi connectivity index (χ4v) is 3.46. The number of hydrogen-bond donors (Lipinski definition) is 1. The first kappa shape index (κ1) is 17.7. The quantitative estimate of drug-likeness (QED) is 0.771. The molecule has 0 saturated heterocycles. The number of amides is 2. The van der Waals surface area contributed by atoms with E-state index in [1.165, 1.54) is 4.88 Å². The predicted molar refractivity (Wildman–Crippen MR) is 97.7 cm³/mol. The minimum absolute atomic E-state index is 0.0607. The Balaban J connectivity index is 1.85. The van der Waals surface area contributed by atoms with Crippen molar-refractivity contribution in [3.8, 4) is 5.75 Å². The average Bonchev–Trinajstić information content (AvgIpc) is 3.07. The standard InChI is InChI=1S/C17H22N2O2S2/c1-19(17(20)18-9-8-14-5-4-10-23-14)12-13-6-7-16(22-3)15(11-13)21-2/h4-7,10-11H,8-9,12H2,1-3H3,(H,18,20). The second-order valence-corrected chi connectivity index (χ2v) is 6.99. The number of nitrogens with one attached hydrogen (secondary N) is 1. The molecule has 0 saturated carbocycles. The fourth-order valence-electron chi connectivity index (χ4n) is 2.21. The van der Waals surface area contributed by atoms with E-state index in [9.17, 15) is 4.79 Å². The highest BCUT2D eigenvalue weighted by atomic mass is 32.2. The van der Waals surface area contributed by atoms with Crippen molar-refractivity contribution in [3.05, 3.63) is 46.2 Å². The maximum Gasteiger partial charge on any atom is 0.317 e. The third kappa shape index (κ3) is 5.18. The summed E-state index contributed by atoms with van der Waals surface area (Å²) in [4.78, 5) is 16.2. The van der Waals surface area contributed by atoms with Crippen LogP contribution in [0.4, 0.5) is 4.79 Å². The molecule has 1 aromatic carbocycles. The van der Waals surface area contributed by atoms with Gasteiger partial charge in [0.2, 0.25) is 0 Å². The van der Waals surface area contributed by atoms with Crippen LogP contribution in [-0.2, 0) is 13.0 Å². The SMILES string of the molecule is COc1cc(CN(C)C(=O)NCCc2cccs2)ccc1SC. The monoisotopic (exact) mass is 350 g/mol. The van der Waals surface area contributed by atoms with E-state index in [0.717, 1.165) is 22.6 Å². The Kier molecular flexibility index (Phi) is 6.80. The molecule has 1 N–H and O–H groups in total. The van der Waals surface area contributed by atoms with Crippen LogP contribution in [0.3, 0.4) is 0 Å².